The van der Waals surface area contributed by atoms with Gasteiger partial charge in [-0.3, -0.25) is 0 Å². The highest BCUT2D eigenvalue weighted by Crippen LogP contribution is 2.54. The first-order chi connectivity index (χ1) is 7.02. The molecule has 0 radical (unpaired) electrons. The van der Waals surface area contributed by atoms with E-state index in [-0.39, 0.29) is 10.2 Å². The fraction of sp³-hybridized carbons (Fsp3) is 0.500. The van der Waals surface area contributed by atoms with E-state index in [1.807, 2.05) is 19.1 Å². The number of halogens is 3. The average molecular weight is 336 g/mol. The van der Waals surface area contributed by atoms with Crippen LogP contribution in [0.3, 0.4) is 0 Å². The summed E-state index contributed by atoms with van der Waals surface area (Å²) in [5, 5.41) is 0. The Morgan fingerprint density at radius 3 is 2.80 bits per heavy atom. The Morgan fingerprint density at radius 1 is 1.60 bits per heavy atom. The summed E-state index contributed by atoms with van der Waals surface area (Å²) >= 11 is 7.05. The van der Waals surface area contributed by atoms with Gasteiger partial charge in [0, 0.05) is 14.7 Å². The molecule has 0 heterocycles. The molecule has 0 aromatic heterocycles. The summed E-state index contributed by atoms with van der Waals surface area (Å²) in [5.41, 5.74) is 1.09. The molecule has 0 amide bonds. The lowest BCUT2D eigenvalue weighted by atomic mass is 9.98. The third-order valence-electron chi connectivity index (χ3n) is 3.19. The Bertz CT molecular complexity index is 366. The van der Waals surface area contributed by atoms with Gasteiger partial charge in [0.1, 0.15) is 6.17 Å². The minimum absolute atomic E-state index is 0.150. The van der Waals surface area contributed by atoms with Gasteiger partial charge in [-0.2, -0.15) is 0 Å². The number of benzene rings is 1. The van der Waals surface area contributed by atoms with Crippen molar-refractivity contribution in [3.8, 4) is 0 Å². The van der Waals surface area contributed by atoms with E-state index in [1.165, 1.54) is 5.56 Å². The molecule has 1 fully saturated rings. The van der Waals surface area contributed by atoms with Crippen LogP contribution in [-0.4, -0.2) is 11.0 Å². The summed E-state index contributed by atoms with van der Waals surface area (Å²) in [6.07, 6.45) is 0.946. The maximum atomic E-state index is 13.2. The van der Waals surface area contributed by atoms with Crippen molar-refractivity contribution in [3.05, 3.63) is 34.3 Å². The number of rotatable bonds is 3. The van der Waals surface area contributed by atoms with Gasteiger partial charge in [-0.1, -0.05) is 50.9 Å². The second kappa shape index (κ2) is 4.17. The summed E-state index contributed by atoms with van der Waals surface area (Å²) in [5.74, 6) is 0. The van der Waals surface area contributed by atoms with Gasteiger partial charge in [0.2, 0.25) is 0 Å². The summed E-state index contributed by atoms with van der Waals surface area (Å²) in [4.78, 5) is 0.231. The molecule has 0 spiro atoms. The van der Waals surface area contributed by atoms with E-state index in [9.17, 15) is 4.39 Å². The van der Waals surface area contributed by atoms with Crippen molar-refractivity contribution in [2.24, 2.45) is 5.41 Å². The Morgan fingerprint density at radius 2 is 2.27 bits per heavy atom. The highest BCUT2D eigenvalue weighted by molar-refractivity contribution is 9.10. The fourth-order valence-electron chi connectivity index (χ4n) is 1.76. The third-order valence-corrected chi connectivity index (χ3v) is 5.06. The predicted molar refractivity (Wildman–Crippen MR) is 68.2 cm³/mol. The summed E-state index contributed by atoms with van der Waals surface area (Å²) in [6, 6.07) is 8.19. The van der Waals surface area contributed by atoms with Crippen molar-refractivity contribution in [1.82, 2.24) is 0 Å². The van der Waals surface area contributed by atoms with Gasteiger partial charge < -0.3 is 0 Å². The van der Waals surface area contributed by atoms with Crippen LogP contribution < -0.4 is 0 Å². The quantitative estimate of drug-likeness (QED) is 0.713. The molecule has 3 heteroatoms. The third kappa shape index (κ3) is 2.44. The first-order valence-corrected chi connectivity index (χ1v) is 6.76. The van der Waals surface area contributed by atoms with Gasteiger partial charge in [-0.15, -0.1) is 0 Å². The smallest absolute Gasteiger partial charge is 0.107 e. The maximum Gasteiger partial charge on any atom is 0.107 e. The largest absolute Gasteiger partial charge is 0.247 e. The van der Waals surface area contributed by atoms with Crippen LogP contribution in [0.5, 0.6) is 0 Å². The zero-order valence-electron chi connectivity index (χ0n) is 8.51. The van der Waals surface area contributed by atoms with Crippen molar-refractivity contribution in [3.63, 3.8) is 0 Å². The lowest BCUT2D eigenvalue weighted by Gasteiger charge is -2.16. The van der Waals surface area contributed by atoms with Crippen LogP contribution in [0.15, 0.2) is 28.7 Å². The van der Waals surface area contributed by atoms with Gasteiger partial charge in [0.05, 0.1) is 0 Å². The summed E-state index contributed by atoms with van der Waals surface area (Å²) in [7, 11) is 0. The molecule has 3 atom stereocenters. The van der Waals surface area contributed by atoms with E-state index in [1.54, 1.807) is 0 Å². The minimum atomic E-state index is -0.631. The van der Waals surface area contributed by atoms with Crippen molar-refractivity contribution in [2.75, 3.05) is 0 Å². The molecule has 0 saturated heterocycles. The molecule has 0 nitrogen and oxygen atoms in total. The molecule has 15 heavy (non-hydrogen) atoms. The molecule has 1 aromatic rings. The molecule has 3 unspecified atom stereocenters. The number of alkyl halides is 2. The lowest BCUT2D eigenvalue weighted by Crippen LogP contribution is -2.17. The number of hydrogen-bond acceptors (Lipinski definition) is 0. The van der Waals surface area contributed by atoms with Gasteiger partial charge in [-0.25, -0.2) is 4.39 Å². The minimum Gasteiger partial charge on any atom is -0.247 e. The van der Waals surface area contributed by atoms with Crippen molar-refractivity contribution >= 4 is 31.9 Å². The molecule has 1 aliphatic rings. The Hall–Kier alpha value is 0.110. The molecule has 1 saturated carbocycles. The SMILES string of the molecule is CC1(C(Br)Cc2cccc(Br)c2)CC1F. The molecule has 82 valence electrons. The van der Waals surface area contributed by atoms with E-state index >= 15 is 0 Å². The zero-order valence-corrected chi connectivity index (χ0v) is 11.7. The predicted octanol–water partition coefficient (Wildman–Crippen LogP) is 4.50. The van der Waals surface area contributed by atoms with Gasteiger partial charge in [-0.05, 0) is 30.5 Å². The molecular formula is C12H13Br2F. The molecule has 0 N–H and O–H groups in total. The first kappa shape index (κ1) is 11.6. The first-order valence-electron chi connectivity index (χ1n) is 5.05. The van der Waals surface area contributed by atoms with Crippen LogP contribution in [0.4, 0.5) is 4.39 Å². The van der Waals surface area contributed by atoms with Crippen molar-refractivity contribution < 1.29 is 4.39 Å². The lowest BCUT2D eigenvalue weighted by molar-refractivity contribution is 0.371. The second-order valence-corrected chi connectivity index (χ2v) is 6.50. The number of hydrogen-bond donors (Lipinski definition) is 0. The maximum absolute atomic E-state index is 13.2. The van der Waals surface area contributed by atoms with Crippen molar-refractivity contribution in [1.29, 1.82) is 0 Å². The Kier molecular flexibility index (Phi) is 3.22. The van der Waals surface area contributed by atoms with Crippen LogP contribution in [0.2, 0.25) is 0 Å². The van der Waals surface area contributed by atoms with Gasteiger partial charge in [0.25, 0.3) is 0 Å². The molecule has 0 aliphatic heterocycles. The summed E-state index contributed by atoms with van der Waals surface area (Å²) < 4.78 is 14.2. The molecule has 2 rings (SSSR count). The average Bonchev–Trinajstić information content (AvgIpc) is 2.76. The Balaban J connectivity index is 2.03. The van der Waals surface area contributed by atoms with Crippen LogP contribution >= 0.6 is 31.9 Å². The molecule has 1 aromatic carbocycles. The monoisotopic (exact) mass is 334 g/mol. The fourth-order valence-corrected chi connectivity index (χ4v) is 3.05. The standard InChI is InChI=1S/C12H13Br2F/c1-12(7-11(12)15)10(14)6-8-3-2-4-9(13)5-8/h2-5,10-11H,6-7H2,1H3. The molecular weight excluding hydrogens is 323 g/mol. The van der Waals surface area contributed by atoms with Crippen LogP contribution in [-0.2, 0) is 6.42 Å². The molecule has 1 aliphatic carbocycles. The van der Waals surface area contributed by atoms with E-state index in [0.29, 0.717) is 6.42 Å². The highest BCUT2D eigenvalue weighted by Gasteiger charge is 2.55. The van der Waals surface area contributed by atoms with E-state index in [0.717, 1.165) is 10.9 Å². The van der Waals surface area contributed by atoms with E-state index in [2.05, 4.69) is 44.0 Å². The summed E-state index contributed by atoms with van der Waals surface area (Å²) in [6.45, 7) is 2.01. The van der Waals surface area contributed by atoms with Gasteiger partial charge in [0.15, 0.2) is 0 Å². The van der Waals surface area contributed by atoms with Crippen LogP contribution in [0.25, 0.3) is 0 Å². The topological polar surface area (TPSA) is 0 Å². The van der Waals surface area contributed by atoms with Crippen LogP contribution in [0.1, 0.15) is 18.9 Å². The highest BCUT2D eigenvalue weighted by atomic mass is 79.9. The van der Waals surface area contributed by atoms with Gasteiger partial charge >= 0.3 is 0 Å². The van der Waals surface area contributed by atoms with E-state index < -0.39 is 6.17 Å². The molecule has 0 bridgehead atoms. The normalized spacial score (nSPS) is 31.3. The zero-order chi connectivity index (χ0) is 11.1. The Labute approximate surface area is 107 Å². The second-order valence-electron chi connectivity index (χ2n) is 4.48. The van der Waals surface area contributed by atoms with E-state index in [4.69, 9.17) is 0 Å². The van der Waals surface area contributed by atoms with Crippen molar-refractivity contribution in [2.45, 2.75) is 30.8 Å². The van der Waals surface area contributed by atoms with Crippen LogP contribution in [0, 0.1) is 5.41 Å².